The zero-order chi connectivity index (χ0) is 18.8. The summed E-state index contributed by atoms with van der Waals surface area (Å²) in [7, 11) is 0. The maximum Gasteiger partial charge on any atom is 0.232 e. The van der Waals surface area contributed by atoms with E-state index in [2.05, 4.69) is 22.0 Å². The number of hydrogen-bond donors (Lipinski definition) is 0. The number of benzene rings is 1. The molecule has 1 aromatic carbocycles. The van der Waals surface area contributed by atoms with Crippen LogP contribution in [0.15, 0.2) is 53.3 Å². The summed E-state index contributed by atoms with van der Waals surface area (Å²) >= 11 is 0. The molecule has 3 aromatic rings. The number of halogens is 1. The molecule has 2 aromatic heterocycles. The quantitative estimate of drug-likeness (QED) is 0.710. The number of pyridine rings is 1. The van der Waals surface area contributed by atoms with Crippen molar-refractivity contribution in [3.63, 3.8) is 0 Å². The minimum absolute atomic E-state index is 0.0347. The van der Waals surface area contributed by atoms with E-state index in [4.69, 9.17) is 4.52 Å². The van der Waals surface area contributed by atoms with Crippen LogP contribution in [-0.4, -0.2) is 39.0 Å². The van der Waals surface area contributed by atoms with Crippen LogP contribution in [-0.2, 0) is 11.2 Å². The van der Waals surface area contributed by atoms with Crippen molar-refractivity contribution in [1.29, 1.82) is 0 Å². The van der Waals surface area contributed by atoms with Crippen LogP contribution in [0.3, 0.4) is 0 Å². The molecule has 1 amide bonds. The van der Waals surface area contributed by atoms with Crippen LogP contribution >= 0.6 is 0 Å². The molecule has 0 saturated carbocycles. The summed E-state index contributed by atoms with van der Waals surface area (Å²) in [4.78, 5) is 22.9. The Kier molecular flexibility index (Phi) is 4.66. The maximum absolute atomic E-state index is 13.8. The Morgan fingerprint density at radius 3 is 2.89 bits per heavy atom. The minimum Gasteiger partial charge on any atom is -0.341 e. The van der Waals surface area contributed by atoms with Crippen molar-refractivity contribution in [3.05, 3.63) is 66.1 Å². The Balaban J connectivity index is 1.46. The Morgan fingerprint density at radius 2 is 2.11 bits per heavy atom. The van der Waals surface area contributed by atoms with E-state index < -0.39 is 0 Å². The molecule has 4 rings (SSSR count). The number of nitrogens with zero attached hydrogens (tertiary/aromatic N) is 4. The van der Waals surface area contributed by atoms with E-state index in [0.29, 0.717) is 30.4 Å². The number of likely N-dealkylation sites (tertiary alicyclic amines) is 1. The molecular formula is C20H19FN4O2. The molecule has 0 bridgehead atoms. The van der Waals surface area contributed by atoms with Gasteiger partial charge in [0.2, 0.25) is 17.6 Å². The SMILES string of the molecule is C[C@H]1CN(C(=O)Cc2ccccc2F)C[C@@H]1c1nc(-c2cccnc2)no1. The van der Waals surface area contributed by atoms with Gasteiger partial charge in [0.25, 0.3) is 0 Å². The Morgan fingerprint density at radius 1 is 1.26 bits per heavy atom. The normalized spacial score (nSPS) is 19.4. The van der Waals surface area contributed by atoms with Crippen LogP contribution in [0, 0.1) is 11.7 Å². The first-order chi connectivity index (χ1) is 13.1. The summed E-state index contributed by atoms with van der Waals surface area (Å²) in [6.07, 6.45) is 3.41. The topological polar surface area (TPSA) is 72.1 Å². The van der Waals surface area contributed by atoms with Crippen LogP contribution in [0.2, 0.25) is 0 Å². The third-order valence-electron chi connectivity index (χ3n) is 4.94. The molecule has 1 aliphatic heterocycles. The van der Waals surface area contributed by atoms with E-state index in [1.165, 1.54) is 6.07 Å². The molecular weight excluding hydrogens is 347 g/mol. The van der Waals surface area contributed by atoms with Crippen molar-refractivity contribution in [2.75, 3.05) is 13.1 Å². The van der Waals surface area contributed by atoms with Crippen LogP contribution in [0.5, 0.6) is 0 Å². The molecule has 0 radical (unpaired) electrons. The minimum atomic E-state index is -0.354. The van der Waals surface area contributed by atoms with Crippen LogP contribution in [0.1, 0.15) is 24.3 Å². The first-order valence-corrected chi connectivity index (χ1v) is 8.87. The summed E-state index contributed by atoms with van der Waals surface area (Å²) in [5.41, 5.74) is 1.20. The van der Waals surface area contributed by atoms with Crippen molar-refractivity contribution in [2.45, 2.75) is 19.3 Å². The summed E-state index contributed by atoms with van der Waals surface area (Å²) < 4.78 is 19.3. The van der Waals surface area contributed by atoms with Crippen LogP contribution < -0.4 is 0 Å². The molecule has 0 N–H and O–H groups in total. The molecule has 7 heteroatoms. The van der Waals surface area contributed by atoms with Crippen molar-refractivity contribution in [3.8, 4) is 11.4 Å². The van der Waals surface area contributed by atoms with Gasteiger partial charge < -0.3 is 9.42 Å². The molecule has 3 heterocycles. The molecule has 0 spiro atoms. The molecule has 1 fully saturated rings. The number of amides is 1. The van der Waals surface area contributed by atoms with Gasteiger partial charge in [-0.05, 0) is 29.7 Å². The van der Waals surface area contributed by atoms with Gasteiger partial charge in [-0.2, -0.15) is 4.98 Å². The molecule has 0 aliphatic carbocycles. The van der Waals surface area contributed by atoms with Gasteiger partial charge in [-0.1, -0.05) is 30.3 Å². The molecule has 1 aliphatic rings. The highest BCUT2D eigenvalue weighted by atomic mass is 19.1. The zero-order valence-corrected chi connectivity index (χ0v) is 14.9. The summed E-state index contributed by atoms with van der Waals surface area (Å²) in [5, 5.41) is 4.04. The highest BCUT2D eigenvalue weighted by Gasteiger charge is 2.37. The van der Waals surface area contributed by atoms with Crippen molar-refractivity contribution >= 4 is 5.91 Å². The van der Waals surface area contributed by atoms with E-state index in [9.17, 15) is 9.18 Å². The average Bonchev–Trinajstić information content (AvgIpc) is 3.31. The largest absolute Gasteiger partial charge is 0.341 e. The van der Waals surface area contributed by atoms with Crippen molar-refractivity contribution < 1.29 is 13.7 Å². The molecule has 0 unspecified atom stereocenters. The number of carbonyl (C=O) groups excluding carboxylic acids is 1. The number of aromatic nitrogens is 3. The summed E-state index contributed by atoms with van der Waals surface area (Å²) in [6, 6.07) is 10.0. The standard InChI is InChI=1S/C20H19FN4O2/c1-13-11-25(18(26)9-14-5-2-3-7-17(14)21)12-16(13)20-23-19(24-27-20)15-6-4-8-22-10-15/h2-8,10,13,16H,9,11-12H2,1H3/t13-,16-/m0/s1. The number of carbonyl (C=O) groups is 1. The van der Waals surface area contributed by atoms with Crippen molar-refractivity contribution in [1.82, 2.24) is 20.0 Å². The fourth-order valence-corrected chi connectivity index (χ4v) is 3.41. The van der Waals surface area contributed by atoms with E-state index >= 15 is 0 Å². The zero-order valence-electron chi connectivity index (χ0n) is 14.9. The average molecular weight is 366 g/mol. The fraction of sp³-hybridized carbons (Fsp3) is 0.300. The molecule has 138 valence electrons. The molecule has 2 atom stereocenters. The molecule has 6 nitrogen and oxygen atoms in total. The Hall–Kier alpha value is -3.09. The fourth-order valence-electron chi connectivity index (χ4n) is 3.41. The molecule has 27 heavy (non-hydrogen) atoms. The number of hydrogen-bond acceptors (Lipinski definition) is 5. The van der Waals surface area contributed by atoms with E-state index in [1.54, 1.807) is 35.5 Å². The van der Waals surface area contributed by atoms with Gasteiger partial charge in [-0.15, -0.1) is 0 Å². The van der Waals surface area contributed by atoms with E-state index in [1.807, 2.05) is 12.1 Å². The summed E-state index contributed by atoms with van der Waals surface area (Å²) in [5.74, 6) is 0.697. The highest BCUT2D eigenvalue weighted by molar-refractivity contribution is 5.79. The first-order valence-electron chi connectivity index (χ1n) is 8.87. The predicted octanol–water partition coefficient (Wildman–Crippen LogP) is 3.08. The third-order valence-corrected chi connectivity index (χ3v) is 4.94. The lowest BCUT2D eigenvalue weighted by Crippen LogP contribution is -2.30. The Bertz CT molecular complexity index is 944. The van der Waals surface area contributed by atoms with Gasteiger partial charge in [0.1, 0.15) is 5.82 Å². The Labute approximate surface area is 156 Å². The van der Waals surface area contributed by atoms with Gasteiger partial charge >= 0.3 is 0 Å². The van der Waals surface area contributed by atoms with E-state index in [-0.39, 0.29) is 30.0 Å². The lowest BCUT2D eigenvalue weighted by atomic mass is 9.98. The van der Waals surface area contributed by atoms with Gasteiger partial charge in [-0.25, -0.2) is 4.39 Å². The van der Waals surface area contributed by atoms with Gasteiger partial charge in [0, 0.05) is 31.0 Å². The second kappa shape index (κ2) is 7.26. The van der Waals surface area contributed by atoms with Gasteiger partial charge in [0.15, 0.2) is 0 Å². The lowest BCUT2D eigenvalue weighted by molar-refractivity contribution is -0.129. The predicted molar refractivity (Wildman–Crippen MR) is 96.1 cm³/mol. The number of rotatable bonds is 4. The van der Waals surface area contributed by atoms with Gasteiger partial charge in [-0.3, -0.25) is 9.78 Å². The van der Waals surface area contributed by atoms with Crippen LogP contribution in [0.25, 0.3) is 11.4 Å². The lowest BCUT2D eigenvalue weighted by Gasteiger charge is -2.16. The smallest absolute Gasteiger partial charge is 0.232 e. The molecule has 1 saturated heterocycles. The third kappa shape index (κ3) is 3.58. The summed E-state index contributed by atoms with van der Waals surface area (Å²) in [6.45, 7) is 3.13. The van der Waals surface area contributed by atoms with Crippen LogP contribution in [0.4, 0.5) is 4.39 Å². The monoisotopic (exact) mass is 366 g/mol. The highest BCUT2D eigenvalue weighted by Crippen LogP contribution is 2.32. The first kappa shape index (κ1) is 17.3. The maximum atomic E-state index is 13.8. The van der Waals surface area contributed by atoms with E-state index in [0.717, 1.165) is 5.56 Å². The van der Waals surface area contributed by atoms with Crippen molar-refractivity contribution in [2.24, 2.45) is 5.92 Å². The van der Waals surface area contributed by atoms with Gasteiger partial charge in [0.05, 0.1) is 12.3 Å². The second-order valence-corrected chi connectivity index (χ2v) is 6.85. The second-order valence-electron chi connectivity index (χ2n) is 6.85.